The fourth-order valence-electron chi connectivity index (χ4n) is 0.934. The van der Waals surface area contributed by atoms with Crippen molar-refractivity contribution >= 4 is 0 Å². The van der Waals surface area contributed by atoms with Gasteiger partial charge < -0.3 is 4.84 Å². The minimum Gasteiger partial charge on any atom is -0.352 e. The van der Waals surface area contributed by atoms with E-state index in [0.717, 1.165) is 17.0 Å². The van der Waals surface area contributed by atoms with Crippen molar-refractivity contribution in [2.24, 2.45) is 0 Å². The molecule has 0 fully saturated rings. The zero-order valence-electron chi connectivity index (χ0n) is 6.95. The zero-order valence-corrected chi connectivity index (χ0v) is 6.95. The van der Waals surface area contributed by atoms with Crippen LogP contribution in [0.3, 0.4) is 0 Å². The molecular weight excluding hydrogens is 190 g/mol. The molecule has 2 aromatic rings. The highest BCUT2D eigenvalue weighted by molar-refractivity contribution is 5.25. The van der Waals surface area contributed by atoms with Gasteiger partial charge in [-0.1, -0.05) is 10.9 Å². The third-order valence-electron chi connectivity index (χ3n) is 1.53. The van der Waals surface area contributed by atoms with Gasteiger partial charge in [0.25, 0.3) is 0 Å². The molecule has 0 N–H and O–H groups in total. The second-order valence-corrected chi connectivity index (χ2v) is 2.48. The first-order valence-electron chi connectivity index (χ1n) is 3.80. The topological polar surface area (TPSA) is 27.1 Å². The van der Waals surface area contributed by atoms with E-state index < -0.39 is 17.4 Å². The predicted molar refractivity (Wildman–Crippen MR) is 43.4 cm³/mol. The molecule has 0 spiro atoms. The van der Waals surface area contributed by atoms with Crippen molar-refractivity contribution in [3.63, 3.8) is 0 Å². The summed E-state index contributed by atoms with van der Waals surface area (Å²) >= 11 is 0. The van der Waals surface area contributed by atoms with Gasteiger partial charge in [-0.05, 0) is 12.1 Å². The molecular formula is C9H5F2N2O. The molecule has 0 amide bonds. The summed E-state index contributed by atoms with van der Waals surface area (Å²) in [6, 6.07) is 6.03. The molecule has 1 aromatic heterocycles. The van der Waals surface area contributed by atoms with Gasteiger partial charge in [-0.15, -0.1) is 5.10 Å². The van der Waals surface area contributed by atoms with E-state index in [9.17, 15) is 8.78 Å². The van der Waals surface area contributed by atoms with Gasteiger partial charge in [0.15, 0.2) is 11.6 Å². The van der Waals surface area contributed by atoms with E-state index >= 15 is 0 Å². The Bertz CT molecular complexity index is 408. The molecule has 3 nitrogen and oxygen atoms in total. The van der Waals surface area contributed by atoms with Crippen LogP contribution in [0.25, 0.3) is 0 Å². The summed E-state index contributed by atoms with van der Waals surface area (Å²) in [5.41, 5.74) is 0. The first-order chi connectivity index (χ1) is 6.77. The number of para-hydroxylation sites is 1. The lowest BCUT2D eigenvalue weighted by atomic mass is 10.3. The number of hydrogen-bond donors (Lipinski definition) is 0. The van der Waals surface area contributed by atoms with Gasteiger partial charge in [0.05, 0.1) is 12.4 Å². The summed E-state index contributed by atoms with van der Waals surface area (Å²) in [4.78, 5) is 5.72. The molecule has 0 aliphatic heterocycles. The second-order valence-electron chi connectivity index (χ2n) is 2.48. The smallest absolute Gasteiger partial charge is 0.228 e. The van der Waals surface area contributed by atoms with Crippen LogP contribution in [-0.2, 0) is 0 Å². The third-order valence-corrected chi connectivity index (χ3v) is 1.53. The molecule has 5 heteroatoms. The predicted octanol–water partition coefficient (Wildman–Crippen LogP) is 1.80. The highest BCUT2D eigenvalue weighted by atomic mass is 19.1. The largest absolute Gasteiger partial charge is 0.352 e. The maximum atomic E-state index is 13.0. The molecule has 0 unspecified atom stereocenters. The highest BCUT2D eigenvalue weighted by Crippen LogP contribution is 2.20. The lowest BCUT2D eigenvalue weighted by Crippen LogP contribution is -2.07. The molecule has 0 bridgehead atoms. The van der Waals surface area contributed by atoms with E-state index in [4.69, 9.17) is 4.84 Å². The van der Waals surface area contributed by atoms with Gasteiger partial charge in [-0.2, -0.15) is 0 Å². The standard InChI is InChI=1S/C9H5F2N2O/c10-7-3-1-4-8(11)9(7)14-13-6-2-5-12-13/h1,3-6H. The average molecular weight is 195 g/mol. The van der Waals surface area contributed by atoms with Gasteiger partial charge in [-0.25, -0.2) is 8.78 Å². The van der Waals surface area contributed by atoms with Crippen LogP contribution in [0, 0.1) is 17.7 Å². The normalized spacial score (nSPS) is 10.1. The molecule has 14 heavy (non-hydrogen) atoms. The number of benzene rings is 1. The molecule has 0 aliphatic rings. The van der Waals surface area contributed by atoms with Crippen molar-refractivity contribution < 1.29 is 13.6 Å². The van der Waals surface area contributed by atoms with Crippen LogP contribution in [0.15, 0.2) is 30.6 Å². The van der Waals surface area contributed by atoms with Crippen molar-refractivity contribution in [1.29, 1.82) is 0 Å². The fraction of sp³-hybridized carbons (Fsp3) is 0. The van der Waals surface area contributed by atoms with Crippen LogP contribution in [0.2, 0.25) is 0 Å². The molecule has 71 valence electrons. The van der Waals surface area contributed by atoms with Crippen molar-refractivity contribution in [3.8, 4) is 5.75 Å². The highest BCUT2D eigenvalue weighted by Gasteiger charge is 2.10. The maximum absolute atomic E-state index is 13.0. The Morgan fingerprint density at radius 3 is 2.57 bits per heavy atom. The number of aromatic nitrogens is 2. The van der Waals surface area contributed by atoms with Gasteiger partial charge in [0, 0.05) is 6.07 Å². The molecule has 1 aromatic carbocycles. The Kier molecular flexibility index (Phi) is 2.14. The Balaban J connectivity index is 2.33. The number of halogens is 2. The average Bonchev–Trinajstić information content (AvgIpc) is 2.64. The quantitative estimate of drug-likeness (QED) is 0.730. The Morgan fingerprint density at radius 1 is 1.29 bits per heavy atom. The van der Waals surface area contributed by atoms with E-state index in [1.165, 1.54) is 18.5 Å². The van der Waals surface area contributed by atoms with Gasteiger partial charge in [0.2, 0.25) is 5.75 Å². The molecule has 0 saturated heterocycles. The van der Waals surface area contributed by atoms with Gasteiger partial charge in [0.1, 0.15) is 0 Å². The minimum absolute atomic E-state index is 0.482. The van der Waals surface area contributed by atoms with Crippen LogP contribution >= 0.6 is 0 Å². The van der Waals surface area contributed by atoms with Crippen LogP contribution in [-0.4, -0.2) is 9.94 Å². The first-order valence-corrected chi connectivity index (χ1v) is 3.80. The summed E-state index contributed by atoms with van der Waals surface area (Å²) in [5.74, 6) is -2.04. The SMILES string of the molecule is Fc1cccc(F)c1On1c[c]cn1. The molecule has 1 radical (unpaired) electrons. The fourth-order valence-corrected chi connectivity index (χ4v) is 0.934. The first kappa shape index (κ1) is 8.68. The molecule has 1 heterocycles. The number of hydrogen-bond acceptors (Lipinski definition) is 2. The van der Waals surface area contributed by atoms with E-state index in [2.05, 4.69) is 11.2 Å². The van der Waals surface area contributed by atoms with Crippen LogP contribution in [0.5, 0.6) is 5.75 Å². The van der Waals surface area contributed by atoms with Crippen molar-refractivity contribution in [3.05, 3.63) is 48.3 Å². The minimum atomic E-state index is -0.777. The summed E-state index contributed by atoms with van der Waals surface area (Å²) in [5, 5.41) is 3.60. The Morgan fingerprint density at radius 2 is 2.00 bits per heavy atom. The number of nitrogens with zero attached hydrogens (tertiary/aromatic N) is 2. The lowest BCUT2D eigenvalue weighted by Gasteiger charge is -2.05. The molecule has 2 rings (SSSR count). The van der Waals surface area contributed by atoms with E-state index in [1.54, 1.807) is 0 Å². The Hall–Kier alpha value is -1.91. The number of rotatable bonds is 2. The van der Waals surface area contributed by atoms with E-state index in [1.807, 2.05) is 0 Å². The van der Waals surface area contributed by atoms with Crippen molar-refractivity contribution in [2.75, 3.05) is 0 Å². The molecule has 0 aliphatic carbocycles. The van der Waals surface area contributed by atoms with Crippen molar-refractivity contribution in [1.82, 2.24) is 9.94 Å². The summed E-state index contributed by atoms with van der Waals surface area (Å²) in [6.45, 7) is 0. The summed E-state index contributed by atoms with van der Waals surface area (Å²) in [6.07, 6.45) is 2.63. The van der Waals surface area contributed by atoms with Gasteiger partial charge >= 0.3 is 0 Å². The van der Waals surface area contributed by atoms with E-state index in [-0.39, 0.29) is 0 Å². The second kappa shape index (κ2) is 3.45. The van der Waals surface area contributed by atoms with Gasteiger partial charge in [-0.3, -0.25) is 0 Å². The maximum Gasteiger partial charge on any atom is 0.228 e. The van der Waals surface area contributed by atoms with Crippen molar-refractivity contribution in [2.45, 2.75) is 0 Å². The van der Waals surface area contributed by atoms with E-state index in [0.29, 0.717) is 0 Å². The van der Waals surface area contributed by atoms with Crippen LogP contribution < -0.4 is 4.84 Å². The molecule has 0 atom stereocenters. The lowest BCUT2D eigenvalue weighted by molar-refractivity contribution is 0.161. The zero-order chi connectivity index (χ0) is 9.97. The Labute approximate surface area is 78.5 Å². The molecule has 0 saturated carbocycles. The van der Waals surface area contributed by atoms with Crippen LogP contribution in [0.4, 0.5) is 8.78 Å². The monoisotopic (exact) mass is 195 g/mol. The summed E-state index contributed by atoms with van der Waals surface area (Å²) < 4.78 is 26.1. The third kappa shape index (κ3) is 1.56. The summed E-state index contributed by atoms with van der Waals surface area (Å²) in [7, 11) is 0. The van der Waals surface area contributed by atoms with Crippen LogP contribution in [0.1, 0.15) is 0 Å².